The zero-order valence-corrected chi connectivity index (χ0v) is 14.8. The number of aromatic nitrogens is 2. The predicted octanol–water partition coefficient (Wildman–Crippen LogP) is 4.68. The van der Waals surface area contributed by atoms with Gasteiger partial charge in [-0.2, -0.15) is 16.3 Å². The Balaban J connectivity index is 1.57. The zero-order chi connectivity index (χ0) is 17.6. The van der Waals surface area contributed by atoms with E-state index >= 15 is 0 Å². The molecule has 0 unspecified atom stereocenters. The lowest BCUT2D eigenvalue weighted by molar-refractivity contribution is -0.139. The van der Waals surface area contributed by atoms with Crippen LogP contribution in [0.2, 0.25) is 0 Å². The van der Waals surface area contributed by atoms with Crippen molar-refractivity contribution in [3.63, 3.8) is 0 Å². The molecule has 1 aromatic carbocycles. The maximum absolute atomic E-state index is 11.7. The van der Waals surface area contributed by atoms with Crippen LogP contribution in [0.15, 0.2) is 51.7 Å². The van der Waals surface area contributed by atoms with E-state index in [1.54, 1.807) is 17.4 Å². The second-order valence-electron chi connectivity index (χ2n) is 5.79. The van der Waals surface area contributed by atoms with Crippen molar-refractivity contribution >= 4 is 23.4 Å². The Morgan fingerprint density at radius 2 is 2.08 bits per heavy atom. The van der Waals surface area contributed by atoms with E-state index in [9.17, 15) is 4.79 Å². The molecule has 0 aliphatic heterocycles. The molecular formula is C19H18N2O3S. The lowest BCUT2D eigenvalue weighted by Crippen LogP contribution is -2.00. The summed E-state index contributed by atoms with van der Waals surface area (Å²) in [5, 5.41) is 7.82. The molecule has 0 N–H and O–H groups in total. The third-order valence-electron chi connectivity index (χ3n) is 3.60. The molecule has 3 rings (SSSR count). The molecule has 5 nitrogen and oxygen atoms in total. The molecule has 0 aliphatic rings. The van der Waals surface area contributed by atoms with Crippen LogP contribution >= 0.6 is 11.3 Å². The topological polar surface area (TPSA) is 65.2 Å². The molecule has 0 aliphatic carbocycles. The van der Waals surface area contributed by atoms with Gasteiger partial charge in [0.15, 0.2) is 6.61 Å². The first-order chi connectivity index (χ1) is 12.1. The van der Waals surface area contributed by atoms with E-state index in [0.717, 1.165) is 11.1 Å². The highest BCUT2D eigenvalue weighted by Gasteiger charge is 2.10. The van der Waals surface area contributed by atoms with Gasteiger partial charge in [0.05, 0.1) is 0 Å². The smallest absolute Gasteiger partial charge is 0.331 e. The molecule has 0 saturated heterocycles. The van der Waals surface area contributed by atoms with Crippen molar-refractivity contribution in [2.75, 3.05) is 0 Å². The first-order valence-corrected chi connectivity index (χ1v) is 8.86. The monoisotopic (exact) mass is 354 g/mol. The molecule has 0 radical (unpaired) electrons. The molecule has 2 aromatic heterocycles. The first-order valence-electron chi connectivity index (χ1n) is 7.92. The average molecular weight is 354 g/mol. The number of esters is 1. The Bertz CT molecular complexity index is 849. The minimum Gasteiger partial charge on any atom is -0.452 e. The number of rotatable bonds is 6. The van der Waals surface area contributed by atoms with Crippen molar-refractivity contribution < 1.29 is 14.1 Å². The number of thiophene rings is 1. The van der Waals surface area contributed by atoms with Crippen molar-refractivity contribution in [3.8, 4) is 11.4 Å². The Kier molecular flexibility index (Phi) is 5.40. The molecule has 0 spiro atoms. The Labute approximate surface area is 150 Å². The van der Waals surface area contributed by atoms with Gasteiger partial charge in [-0.05, 0) is 39.9 Å². The van der Waals surface area contributed by atoms with E-state index in [0.29, 0.717) is 11.7 Å². The summed E-state index contributed by atoms with van der Waals surface area (Å²) in [5.41, 5.74) is 3.08. The van der Waals surface area contributed by atoms with Crippen LogP contribution in [-0.4, -0.2) is 16.1 Å². The van der Waals surface area contributed by atoms with Gasteiger partial charge in [0, 0.05) is 11.6 Å². The van der Waals surface area contributed by atoms with E-state index in [1.165, 1.54) is 11.6 Å². The first kappa shape index (κ1) is 17.1. The van der Waals surface area contributed by atoms with E-state index in [1.807, 2.05) is 41.1 Å². The molecule has 128 valence electrons. The summed E-state index contributed by atoms with van der Waals surface area (Å²) in [4.78, 5) is 16.0. The van der Waals surface area contributed by atoms with E-state index < -0.39 is 5.97 Å². The Morgan fingerprint density at radius 3 is 2.76 bits per heavy atom. The van der Waals surface area contributed by atoms with Gasteiger partial charge >= 0.3 is 5.97 Å². The van der Waals surface area contributed by atoms with Crippen molar-refractivity contribution in [1.29, 1.82) is 0 Å². The van der Waals surface area contributed by atoms with Crippen LogP contribution < -0.4 is 0 Å². The fourth-order valence-corrected chi connectivity index (χ4v) is 2.79. The average Bonchev–Trinajstić information content (AvgIpc) is 3.30. The van der Waals surface area contributed by atoms with Crippen molar-refractivity contribution in [2.24, 2.45) is 0 Å². The standard InChI is InChI=1S/C19H18N2O3S/c1-13(2)15-4-6-16(7-5-15)19-20-17(24-21-19)11-23-18(22)8-3-14-9-10-25-12-14/h3-10,12-13H,11H2,1-2H3/b8-3+. The summed E-state index contributed by atoms with van der Waals surface area (Å²) in [6.07, 6.45) is 3.08. The molecule has 0 amide bonds. The molecular weight excluding hydrogens is 336 g/mol. The van der Waals surface area contributed by atoms with Gasteiger partial charge in [-0.3, -0.25) is 0 Å². The van der Waals surface area contributed by atoms with Gasteiger partial charge in [0.25, 0.3) is 5.89 Å². The summed E-state index contributed by atoms with van der Waals surface area (Å²) in [7, 11) is 0. The third kappa shape index (κ3) is 4.64. The number of ether oxygens (including phenoxy) is 1. The van der Waals surface area contributed by atoms with Crippen LogP contribution in [0.5, 0.6) is 0 Å². The van der Waals surface area contributed by atoms with Gasteiger partial charge in [-0.15, -0.1) is 0 Å². The molecule has 3 aromatic rings. The number of benzene rings is 1. The molecule has 2 heterocycles. The van der Waals surface area contributed by atoms with Crippen LogP contribution in [0, 0.1) is 0 Å². The van der Waals surface area contributed by atoms with Crippen LogP contribution in [0.1, 0.15) is 36.8 Å². The lowest BCUT2D eigenvalue weighted by atomic mass is 10.0. The summed E-state index contributed by atoms with van der Waals surface area (Å²) in [6.45, 7) is 4.23. The third-order valence-corrected chi connectivity index (χ3v) is 4.30. The minimum atomic E-state index is -0.452. The number of nitrogens with zero attached hydrogens (tertiary/aromatic N) is 2. The van der Waals surface area contributed by atoms with Crippen LogP contribution in [0.3, 0.4) is 0 Å². The molecule has 25 heavy (non-hydrogen) atoms. The summed E-state index contributed by atoms with van der Waals surface area (Å²) < 4.78 is 10.2. The highest BCUT2D eigenvalue weighted by Crippen LogP contribution is 2.20. The van der Waals surface area contributed by atoms with Crippen molar-refractivity contribution in [2.45, 2.75) is 26.4 Å². The fourth-order valence-electron chi connectivity index (χ4n) is 2.16. The van der Waals surface area contributed by atoms with Crippen LogP contribution in [0.25, 0.3) is 17.5 Å². The largest absolute Gasteiger partial charge is 0.452 e. The number of hydrogen-bond acceptors (Lipinski definition) is 6. The Morgan fingerprint density at radius 1 is 1.28 bits per heavy atom. The van der Waals surface area contributed by atoms with Crippen LogP contribution in [0.4, 0.5) is 0 Å². The Hall–Kier alpha value is -2.73. The van der Waals surface area contributed by atoms with Gasteiger partial charge in [0.1, 0.15) is 0 Å². The van der Waals surface area contributed by atoms with Gasteiger partial charge in [-0.25, -0.2) is 4.79 Å². The number of carbonyl (C=O) groups excluding carboxylic acids is 1. The lowest BCUT2D eigenvalue weighted by Gasteiger charge is -2.04. The molecule has 0 saturated carbocycles. The molecule has 0 bridgehead atoms. The molecule has 0 atom stereocenters. The SMILES string of the molecule is CC(C)c1ccc(-c2noc(COC(=O)/C=C/c3ccsc3)n2)cc1. The zero-order valence-electron chi connectivity index (χ0n) is 14.0. The maximum Gasteiger partial charge on any atom is 0.331 e. The van der Waals surface area contributed by atoms with Gasteiger partial charge in [0.2, 0.25) is 5.82 Å². The quantitative estimate of drug-likeness (QED) is 0.475. The summed E-state index contributed by atoms with van der Waals surface area (Å²) in [5.74, 6) is 0.763. The van der Waals surface area contributed by atoms with Gasteiger partial charge < -0.3 is 9.26 Å². The fraction of sp³-hybridized carbons (Fsp3) is 0.211. The highest BCUT2D eigenvalue weighted by molar-refractivity contribution is 7.08. The summed E-state index contributed by atoms with van der Waals surface area (Å²) >= 11 is 1.57. The molecule has 0 fully saturated rings. The second-order valence-corrected chi connectivity index (χ2v) is 6.57. The highest BCUT2D eigenvalue weighted by atomic mass is 32.1. The van der Waals surface area contributed by atoms with E-state index in [2.05, 4.69) is 24.0 Å². The number of carbonyl (C=O) groups is 1. The second kappa shape index (κ2) is 7.90. The maximum atomic E-state index is 11.7. The number of hydrogen-bond donors (Lipinski definition) is 0. The molecule has 6 heteroatoms. The van der Waals surface area contributed by atoms with Crippen molar-refractivity contribution in [1.82, 2.24) is 10.1 Å². The predicted molar refractivity (Wildman–Crippen MR) is 97.0 cm³/mol. The van der Waals surface area contributed by atoms with E-state index in [-0.39, 0.29) is 12.5 Å². The van der Waals surface area contributed by atoms with Crippen molar-refractivity contribution in [3.05, 3.63) is 64.2 Å². The normalized spacial score (nSPS) is 11.3. The van der Waals surface area contributed by atoms with E-state index in [4.69, 9.17) is 9.26 Å². The van der Waals surface area contributed by atoms with Gasteiger partial charge in [-0.1, -0.05) is 43.3 Å². The van der Waals surface area contributed by atoms with Crippen LogP contribution in [-0.2, 0) is 16.1 Å². The minimum absolute atomic E-state index is 0.0517. The summed E-state index contributed by atoms with van der Waals surface area (Å²) in [6, 6.07) is 9.93.